The Morgan fingerprint density at radius 2 is 1.96 bits per heavy atom. The van der Waals surface area contributed by atoms with Crippen LogP contribution >= 0.6 is 11.8 Å². The van der Waals surface area contributed by atoms with Gasteiger partial charge in [0.25, 0.3) is 5.91 Å². The van der Waals surface area contributed by atoms with E-state index in [9.17, 15) is 9.18 Å². The van der Waals surface area contributed by atoms with Crippen LogP contribution < -0.4 is 5.43 Å². The van der Waals surface area contributed by atoms with E-state index < -0.39 is 5.82 Å². The van der Waals surface area contributed by atoms with Gasteiger partial charge in [0.1, 0.15) is 5.82 Å². The molecule has 0 spiro atoms. The Morgan fingerprint density at radius 1 is 1.21 bits per heavy atom. The van der Waals surface area contributed by atoms with Crippen LogP contribution in [0.5, 0.6) is 0 Å². The van der Waals surface area contributed by atoms with Gasteiger partial charge >= 0.3 is 0 Å². The van der Waals surface area contributed by atoms with Crippen LogP contribution in [0.15, 0.2) is 58.8 Å². The van der Waals surface area contributed by atoms with E-state index in [1.807, 2.05) is 42.7 Å². The Hall–Kier alpha value is -3.00. The fourth-order valence-electron chi connectivity index (χ4n) is 2.51. The first-order valence-electron chi connectivity index (χ1n) is 8.78. The molecule has 0 aliphatic heterocycles. The molecule has 0 saturated carbocycles. The van der Waals surface area contributed by atoms with E-state index in [1.54, 1.807) is 18.2 Å². The third kappa shape index (κ3) is 4.83. The van der Waals surface area contributed by atoms with Crippen LogP contribution in [-0.2, 0) is 11.3 Å². The van der Waals surface area contributed by atoms with Crippen LogP contribution in [0, 0.1) is 12.7 Å². The number of hydrogen-bond donors (Lipinski definition) is 1. The zero-order chi connectivity index (χ0) is 19.9. The number of carbonyl (C=O) groups is 1. The fraction of sp³-hybridized carbons (Fsp3) is 0.200. The number of rotatable bonds is 7. The van der Waals surface area contributed by atoms with Gasteiger partial charge < -0.3 is 4.57 Å². The van der Waals surface area contributed by atoms with Crippen LogP contribution in [-0.4, -0.2) is 32.6 Å². The van der Waals surface area contributed by atoms with Crippen LogP contribution in [0.4, 0.5) is 4.39 Å². The Kier molecular flexibility index (Phi) is 6.54. The summed E-state index contributed by atoms with van der Waals surface area (Å²) < 4.78 is 15.5. The van der Waals surface area contributed by atoms with Gasteiger partial charge in [0.2, 0.25) is 0 Å². The van der Waals surface area contributed by atoms with Crippen LogP contribution in [0.2, 0.25) is 0 Å². The maximum absolute atomic E-state index is 13.5. The Labute approximate surface area is 166 Å². The van der Waals surface area contributed by atoms with Crippen molar-refractivity contribution < 1.29 is 9.18 Å². The van der Waals surface area contributed by atoms with Crippen molar-refractivity contribution in [3.63, 3.8) is 0 Å². The molecule has 1 amide bonds. The number of thioether (sulfide) groups is 1. The average molecular weight is 397 g/mol. The molecular formula is C20H20FN5OS. The van der Waals surface area contributed by atoms with E-state index in [4.69, 9.17) is 0 Å². The summed E-state index contributed by atoms with van der Waals surface area (Å²) in [5.74, 6) is 0.193. The summed E-state index contributed by atoms with van der Waals surface area (Å²) in [4.78, 5) is 12.0. The molecule has 3 rings (SSSR count). The standard InChI is InChI=1S/C20H20FN5OS/c1-3-26-19(15-10-8-14(2)9-11-15)24-25-20(26)28-13-18(27)23-22-12-16-6-4-5-7-17(16)21/h4-12H,3,13H2,1-2H3,(H,23,27)/b22-12-. The number of hydrogen-bond acceptors (Lipinski definition) is 5. The van der Waals surface area contributed by atoms with Crippen molar-refractivity contribution in [2.24, 2.45) is 5.10 Å². The van der Waals surface area contributed by atoms with E-state index >= 15 is 0 Å². The molecule has 0 atom stereocenters. The molecular weight excluding hydrogens is 377 g/mol. The zero-order valence-electron chi connectivity index (χ0n) is 15.6. The number of carbonyl (C=O) groups excluding carboxylic acids is 1. The smallest absolute Gasteiger partial charge is 0.250 e. The molecule has 3 aromatic rings. The summed E-state index contributed by atoms with van der Waals surface area (Å²) in [6.45, 7) is 4.72. The van der Waals surface area contributed by atoms with Crippen molar-refractivity contribution in [2.45, 2.75) is 25.5 Å². The van der Waals surface area contributed by atoms with E-state index in [0.29, 0.717) is 17.3 Å². The van der Waals surface area contributed by atoms with Gasteiger partial charge in [0, 0.05) is 17.7 Å². The quantitative estimate of drug-likeness (QED) is 0.375. The first-order chi connectivity index (χ1) is 13.6. The number of aryl methyl sites for hydroxylation is 1. The number of aromatic nitrogens is 3. The highest BCUT2D eigenvalue weighted by Gasteiger charge is 2.14. The minimum absolute atomic E-state index is 0.126. The minimum Gasteiger partial charge on any atom is -0.302 e. The summed E-state index contributed by atoms with van der Waals surface area (Å²) >= 11 is 1.28. The summed E-state index contributed by atoms with van der Waals surface area (Å²) in [5, 5.41) is 12.9. The van der Waals surface area contributed by atoms with Gasteiger partial charge in [0.05, 0.1) is 12.0 Å². The van der Waals surface area contributed by atoms with Crippen molar-refractivity contribution in [3.8, 4) is 11.4 Å². The van der Waals surface area contributed by atoms with Gasteiger partial charge in [-0.2, -0.15) is 5.10 Å². The van der Waals surface area contributed by atoms with Crippen molar-refractivity contribution in [3.05, 3.63) is 65.5 Å². The van der Waals surface area contributed by atoms with Crippen LogP contribution in [0.3, 0.4) is 0 Å². The average Bonchev–Trinajstić information content (AvgIpc) is 3.11. The lowest BCUT2D eigenvalue weighted by Gasteiger charge is -2.07. The Balaban J connectivity index is 1.60. The normalized spacial score (nSPS) is 11.1. The van der Waals surface area contributed by atoms with Gasteiger partial charge in [-0.05, 0) is 19.9 Å². The molecule has 6 nitrogen and oxygen atoms in total. The highest BCUT2D eigenvalue weighted by molar-refractivity contribution is 7.99. The molecule has 0 fully saturated rings. The number of nitrogens with zero attached hydrogens (tertiary/aromatic N) is 4. The third-order valence-electron chi connectivity index (χ3n) is 3.97. The molecule has 144 valence electrons. The highest BCUT2D eigenvalue weighted by atomic mass is 32.2. The van der Waals surface area contributed by atoms with Crippen molar-refractivity contribution >= 4 is 23.9 Å². The number of amides is 1. The lowest BCUT2D eigenvalue weighted by molar-refractivity contribution is -0.118. The van der Waals surface area contributed by atoms with Crippen LogP contribution in [0.1, 0.15) is 18.1 Å². The number of hydrazone groups is 1. The summed E-state index contributed by atoms with van der Waals surface area (Å²) in [6, 6.07) is 14.3. The van der Waals surface area contributed by atoms with Gasteiger partial charge in [0.15, 0.2) is 11.0 Å². The SMILES string of the molecule is CCn1c(SCC(=O)N/N=C\c2ccccc2F)nnc1-c1ccc(C)cc1. The van der Waals surface area contributed by atoms with Gasteiger partial charge in [-0.3, -0.25) is 4.79 Å². The lowest BCUT2D eigenvalue weighted by Crippen LogP contribution is -2.20. The molecule has 28 heavy (non-hydrogen) atoms. The molecule has 0 aliphatic rings. The molecule has 0 radical (unpaired) electrons. The van der Waals surface area contributed by atoms with Crippen molar-refractivity contribution in [1.82, 2.24) is 20.2 Å². The van der Waals surface area contributed by atoms with Gasteiger partial charge in [-0.25, -0.2) is 9.82 Å². The molecule has 1 aromatic heterocycles. The number of benzene rings is 2. The van der Waals surface area contributed by atoms with Crippen molar-refractivity contribution in [2.75, 3.05) is 5.75 Å². The maximum Gasteiger partial charge on any atom is 0.250 e. The monoisotopic (exact) mass is 397 g/mol. The molecule has 0 saturated heterocycles. The van der Waals surface area contributed by atoms with Crippen molar-refractivity contribution in [1.29, 1.82) is 0 Å². The molecule has 8 heteroatoms. The first-order valence-corrected chi connectivity index (χ1v) is 9.76. The van der Waals surface area contributed by atoms with E-state index in [-0.39, 0.29) is 11.7 Å². The zero-order valence-corrected chi connectivity index (χ0v) is 16.4. The lowest BCUT2D eigenvalue weighted by atomic mass is 10.1. The minimum atomic E-state index is -0.394. The molecule has 0 aliphatic carbocycles. The van der Waals surface area contributed by atoms with Gasteiger partial charge in [-0.1, -0.05) is 59.8 Å². The van der Waals surface area contributed by atoms with E-state index in [2.05, 4.69) is 20.7 Å². The van der Waals surface area contributed by atoms with E-state index in [1.165, 1.54) is 29.6 Å². The Bertz CT molecular complexity index is 985. The molecule has 1 heterocycles. The maximum atomic E-state index is 13.5. The second kappa shape index (κ2) is 9.27. The largest absolute Gasteiger partial charge is 0.302 e. The summed E-state index contributed by atoms with van der Waals surface area (Å²) in [7, 11) is 0. The molecule has 2 aromatic carbocycles. The molecule has 0 bridgehead atoms. The summed E-state index contributed by atoms with van der Waals surface area (Å²) in [6.07, 6.45) is 1.28. The number of nitrogens with one attached hydrogen (secondary N) is 1. The van der Waals surface area contributed by atoms with E-state index in [0.717, 1.165) is 11.4 Å². The first kappa shape index (κ1) is 19.8. The molecule has 1 N–H and O–H groups in total. The topological polar surface area (TPSA) is 72.2 Å². The Morgan fingerprint density at radius 3 is 2.68 bits per heavy atom. The second-order valence-corrected chi connectivity index (χ2v) is 6.96. The summed E-state index contributed by atoms with van der Waals surface area (Å²) in [5.41, 5.74) is 4.86. The highest BCUT2D eigenvalue weighted by Crippen LogP contribution is 2.24. The predicted molar refractivity (Wildman–Crippen MR) is 109 cm³/mol. The van der Waals surface area contributed by atoms with Crippen LogP contribution in [0.25, 0.3) is 11.4 Å². The number of halogens is 1. The predicted octanol–water partition coefficient (Wildman–Crippen LogP) is 3.65. The van der Waals surface area contributed by atoms with Gasteiger partial charge in [-0.15, -0.1) is 10.2 Å². The third-order valence-corrected chi connectivity index (χ3v) is 4.94. The second-order valence-electron chi connectivity index (χ2n) is 6.02. The molecule has 0 unspecified atom stereocenters. The fourth-order valence-corrected chi connectivity index (χ4v) is 3.31.